The van der Waals surface area contributed by atoms with Crippen molar-refractivity contribution in [3.8, 4) is 6.07 Å². The molecule has 0 aromatic heterocycles. The van der Waals surface area contributed by atoms with E-state index >= 15 is 0 Å². The lowest BCUT2D eigenvalue weighted by Gasteiger charge is -2.01. The van der Waals surface area contributed by atoms with E-state index in [0.29, 0.717) is 0 Å². The normalized spacial score (nSPS) is 16.0. The highest BCUT2D eigenvalue weighted by Crippen LogP contribution is 2.39. The molecule has 0 N–H and O–H groups in total. The molecule has 5 heteroatoms. The van der Waals surface area contributed by atoms with Crippen LogP contribution in [0.4, 0.5) is 8.78 Å². The van der Waals surface area contributed by atoms with E-state index in [1.54, 1.807) is 6.07 Å². The van der Waals surface area contributed by atoms with Crippen LogP contribution in [0.5, 0.6) is 0 Å². The molecular weight excluding hydrogens is 238 g/mol. The molecule has 2 rings (SSSR count). The van der Waals surface area contributed by atoms with Gasteiger partial charge in [-0.2, -0.15) is 0 Å². The van der Waals surface area contributed by atoms with Crippen molar-refractivity contribution in [3.05, 3.63) is 64.2 Å². The summed E-state index contributed by atoms with van der Waals surface area (Å²) in [7, 11) is 0. The monoisotopic (exact) mass is 242 g/mol. The Morgan fingerprint density at radius 1 is 1.33 bits per heavy atom. The van der Waals surface area contributed by atoms with Crippen molar-refractivity contribution in [2.75, 3.05) is 0 Å². The minimum atomic E-state index is -1.16. The second-order valence-corrected chi connectivity index (χ2v) is 3.57. The predicted molar refractivity (Wildman–Crippen MR) is 59.0 cm³/mol. The van der Waals surface area contributed by atoms with Crippen molar-refractivity contribution in [2.24, 2.45) is 0 Å². The first-order valence-corrected chi connectivity index (χ1v) is 4.76. The quantitative estimate of drug-likeness (QED) is 0.399. The van der Waals surface area contributed by atoms with Crippen LogP contribution < -0.4 is 0 Å². The van der Waals surface area contributed by atoms with E-state index in [0.717, 1.165) is 12.1 Å². The molecule has 0 saturated heterocycles. The van der Waals surface area contributed by atoms with E-state index in [4.69, 9.17) is 11.8 Å². The van der Waals surface area contributed by atoms with E-state index in [2.05, 4.69) is 11.4 Å². The Morgan fingerprint density at radius 2 is 1.89 bits per heavy atom. The minimum absolute atomic E-state index is 0.0219. The van der Waals surface area contributed by atoms with E-state index < -0.39 is 17.4 Å². The highest BCUT2D eigenvalue weighted by atomic mass is 19.2. The summed E-state index contributed by atoms with van der Waals surface area (Å²) in [5.41, 5.74) is -0.520. The SMILES string of the molecule is [C-]#[N+]/C(C#N)=C1\C(=C)C(=O)c2cc(F)c(F)cc21. The number of nitrogens with zero attached hydrogens (tertiary/aromatic N) is 2. The maximum atomic E-state index is 13.2. The summed E-state index contributed by atoms with van der Waals surface area (Å²) >= 11 is 0. The fraction of sp³-hybridized carbons (Fsp3) is 0. The van der Waals surface area contributed by atoms with Gasteiger partial charge in [-0.25, -0.2) is 18.9 Å². The molecule has 0 heterocycles. The van der Waals surface area contributed by atoms with Gasteiger partial charge in [-0.05, 0) is 17.7 Å². The first-order valence-electron chi connectivity index (χ1n) is 4.76. The van der Waals surface area contributed by atoms with Gasteiger partial charge in [0.15, 0.2) is 17.4 Å². The second kappa shape index (κ2) is 3.90. The molecule has 18 heavy (non-hydrogen) atoms. The lowest BCUT2D eigenvalue weighted by atomic mass is 10.0. The average Bonchev–Trinajstić information content (AvgIpc) is 2.57. The first-order chi connectivity index (χ1) is 8.51. The van der Waals surface area contributed by atoms with Gasteiger partial charge in [-0.15, -0.1) is 0 Å². The topological polar surface area (TPSA) is 45.2 Å². The molecule has 0 spiro atoms. The van der Waals surface area contributed by atoms with E-state index in [9.17, 15) is 13.6 Å². The van der Waals surface area contributed by atoms with Crippen molar-refractivity contribution >= 4 is 11.4 Å². The zero-order chi connectivity index (χ0) is 13.4. The molecule has 1 aromatic rings. The van der Waals surface area contributed by atoms with Gasteiger partial charge in [0, 0.05) is 16.7 Å². The highest BCUT2D eigenvalue weighted by molar-refractivity contribution is 6.27. The molecule has 0 aliphatic heterocycles. The van der Waals surface area contributed by atoms with Crippen molar-refractivity contribution in [3.63, 3.8) is 0 Å². The number of rotatable bonds is 0. The Balaban J connectivity index is 2.88. The summed E-state index contributed by atoms with van der Waals surface area (Å²) in [6, 6.07) is 3.17. The van der Waals surface area contributed by atoms with Gasteiger partial charge in [0.1, 0.15) is 0 Å². The van der Waals surface area contributed by atoms with E-state index in [1.165, 1.54) is 0 Å². The van der Waals surface area contributed by atoms with Crippen LogP contribution in [0.3, 0.4) is 0 Å². The average molecular weight is 242 g/mol. The summed E-state index contributed by atoms with van der Waals surface area (Å²) in [4.78, 5) is 14.7. The lowest BCUT2D eigenvalue weighted by Crippen LogP contribution is -1.95. The third kappa shape index (κ3) is 1.42. The molecule has 86 valence electrons. The molecule has 1 aliphatic rings. The van der Waals surface area contributed by atoms with Crippen LogP contribution in [0.25, 0.3) is 10.4 Å². The van der Waals surface area contributed by atoms with Gasteiger partial charge in [-0.1, -0.05) is 6.58 Å². The number of nitriles is 1. The van der Waals surface area contributed by atoms with Crippen LogP contribution in [0.2, 0.25) is 0 Å². The Kier molecular flexibility index (Phi) is 2.53. The number of Topliss-reactive ketones (excluding diaryl/α,β-unsaturated/α-hetero) is 1. The number of hydrogen-bond acceptors (Lipinski definition) is 2. The summed E-state index contributed by atoms with van der Waals surface area (Å²) in [6.07, 6.45) is 0. The molecular formula is C13H4F2N2O. The Morgan fingerprint density at radius 3 is 2.39 bits per heavy atom. The van der Waals surface area contributed by atoms with Crippen LogP contribution in [-0.2, 0) is 0 Å². The van der Waals surface area contributed by atoms with Gasteiger partial charge < -0.3 is 0 Å². The van der Waals surface area contributed by atoms with E-state index in [-0.39, 0.29) is 28.0 Å². The van der Waals surface area contributed by atoms with Crippen LogP contribution in [-0.4, -0.2) is 5.78 Å². The molecule has 0 amide bonds. The summed E-state index contributed by atoms with van der Waals surface area (Å²) < 4.78 is 26.2. The molecule has 0 bridgehead atoms. The fourth-order valence-electron chi connectivity index (χ4n) is 1.79. The fourth-order valence-corrected chi connectivity index (χ4v) is 1.79. The number of carbonyl (C=O) groups is 1. The Hall–Kier alpha value is -2.79. The molecule has 3 nitrogen and oxygen atoms in total. The van der Waals surface area contributed by atoms with Gasteiger partial charge in [0.05, 0.1) is 12.6 Å². The smallest absolute Gasteiger partial charge is 0.270 e. The van der Waals surface area contributed by atoms with E-state index in [1.807, 2.05) is 0 Å². The lowest BCUT2D eigenvalue weighted by molar-refractivity contribution is 0.104. The third-order valence-electron chi connectivity index (χ3n) is 2.60. The number of fused-ring (bicyclic) bond motifs is 1. The summed E-state index contributed by atoms with van der Waals surface area (Å²) in [6.45, 7) is 10.3. The van der Waals surface area contributed by atoms with Crippen molar-refractivity contribution in [1.82, 2.24) is 0 Å². The summed E-state index contributed by atoms with van der Waals surface area (Å²) in [5.74, 6) is -2.90. The zero-order valence-corrected chi connectivity index (χ0v) is 8.92. The molecule has 0 saturated carbocycles. The van der Waals surface area contributed by atoms with Crippen LogP contribution >= 0.6 is 0 Å². The Labute approximate surface area is 101 Å². The number of benzene rings is 1. The van der Waals surface area contributed by atoms with Gasteiger partial charge in [0.25, 0.3) is 5.70 Å². The largest absolute Gasteiger partial charge is 0.289 e. The standard InChI is InChI=1S/C13H4F2N2O/c1-6-12(11(5-16)17-2)7-3-9(14)10(15)4-8(7)13(6)18/h3-4H,1H2/b12-11+. The highest BCUT2D eigenvalue weighted by Gasteiger charge is 2.32. The molecule has 1 aromatic carbocycles. The summed E-state index contributed by atoms with van der Waals surface area (Å²) in [5, 5.41) is 8.80. The zero-order valence-electron chi connectivity index (χ0n) is 8.92. The number of ketones is 1. The minimum Gasteiger partial charge on any atom is -0.289 e. The maximum Gasteiger partial charge on any atom is 0.270 e. The number of hydrogen-bond donors (Lipinski definition) is 0. The third-order valence-corrected chi connectivity index (χ3v) is 2.60. The second-order valence-electron chi connectivity index (χ2n) is 3.57. The first kappa shape index (κ1) is 11.7. The maximum absolute atomic E-state index is 13.2. The number of allylic oxidation sites excluding steroid dienone is 3. The Bertz CT molecular complexity index is 702. The molecule has 0 radical (unpaired) electrons. The predicted octanol–water partition coefficient (Wildman–Crippen LogP) is 2.87. The van der Waals surface area contributed by atoms with Gasteiger partial charge >= 0.3 is 0 Å². The number of halogens is 2. The van der Waals surface area contributed by atoms with Gasteiger partial charge in [0.2, 0.25) is 0 Å². The molecule has 0 fully saturated rings. The van der Waals surface area contributed by atoms with Crippen LogP contribution in [0, 0.1) is 29.5 Å². The van der Waals surface area contributed by atoms with Crippen LogP contribution in [0.1, 0.15) is 15.9 Å². The van der Waals surface area contributed by atoms with Crippen molar-refractivity contribution < 1.29 is 13.6 Å². The number of carbonyl (C=O) groups excluding carboxylic acids is 1. The molecule has 0 unspecified atom stereocenters. The molecule has 1 aliphatic carbocycles. The molecule has 0 atom stereocenters. The van der Waals surface area contributed by atoms with Crippen molar-refractivity contribution in [1.29, 1.82) is 5.26 Å². The van der Waals surface area contributed by atoms with Crippen LogP contribution in [0.15, 0.2) is 30.0 Å². The van der Waals surface area contributed by atoms with Crippen molar-refractivity contribution in [2.45, 2.75) is 0 Å². The van der Waals surface area contributed by atoms with Gasteiger partial charge in [-0.3, -0.25) is 4.79 Å².